The second kappa shape index (κ2) is 11.4. The minimum absolute atomic E-state index is 0.0715. The molecule has 1 unspecified atom stereocenters. The van der Waals surface area contributed by atoms with Gasteiger partial charge in [-0.15, -0.1) is 0 Å². The first kappa shape index (κ1) is 18.9. The summed E-state index contributed by atoms with van der Waals surface area (Å²) in [7, 11) is -0.0715. The molecule has 1 fully saturated rings. The number of hydrogen-bond donors (Lipinski definition) is 0. The fraction of sp³-hybridized carbons (Fsp3) is 1.00. The highest BCUT2D eigenvalue weighted by Crippen LogP contribution is 2.27. The van der Waals surface area contributed by atoms with E-state index < -0.39 is 0 Å². The number of rotatable bonds is 10. The molecule has 4 heteroatoms. The van der Waals surface area contributed by atoms with E-state index in [1.54, 1.807) is 0 Å². The Kier molecular flexibility index (Phi) is 10.8. The largest absolute Gasteiger partial charge is 0.312 e. The van der Waals surface area contributed by atoms with Gasteiger partial charge in [-0.25, -0.2) is 3.11 Å². The molecule has 0 aromatic carbocycles. The second-order valence-corrected chi connectivity index (χ2v) is 8.82. The summed E-state index contributed by atoms with van der Waals surface area (Å²) in [5.41, 5.74) is 0. The summed E-state index contributed by atoms with van der Waals surface area (Å²) in [5.74, 6) is 0. The predicted molar refractivity (Wildman–Crippen MR) is 102 cm³/mol. The van der Waals surface area contributed by atoms with Crippen LogP contribution in [0, 0.1) is 0 Å². The second-order valence-electron chi connectivity index (χ2n) is 6.22. The van der Waals surface area contributed by atoms with E-state index in [0.29, 0.717) is 0 Å². The van der Waals surface area contributed by atoms with E-state index in [0.717, 1.165) is 12.2 Å². The highest BCUT2D eigenvalue weighted by atomic mass is 127. The molecule has 20 heavy (non-hydrogen) atoms. The molecular weight excluding hydrogens is 375 g/mol. The average molecular weight is 410 g/mol. The number of unbranched alkanes of at least 4 members (excludes halogenated alkanes) is 2. The summed E-state index contributed by atoms with van der Waals surface area (Å²) in [6.45, 7) is 8.40. The summed E-state index contributed by atoms with van der Waals surface area (Å²) in [5, 5.41) is 0. The first-order valence-electron chi connectivity index (χ1n) is 8.92. The van der Waals surface area contributed by atoms with Gasteiger partial charge in [0.15, 0.2) is 0 Å². The molecule has 0 aliphatic heterocycles. The van der Waals surface area contributed by atoms with Crippen molar-refractivity contribution < 1.29 is 0 Å². The molecule has 2 nitrogen and oxygen atoms in total. The maximum absolute atomic E-state index is 2.96. The van der Waals surface area contributed by atoms with Gasteiger partial charge in [-0.2, -0.15) is 0 Å². The van der Waals surface area contributed by atoms with E-state index in [9.17, 15) is 0 Å². The van der Waals surface area contributed by atoms with Crippen LogP contribution in [0.15, 0.2) is 0 Å². The van der Waals surface area contributed by atoms with E-state index >= 15 is 0 Å². The fourth-order valence-electron chi connectivity index (χ4n) is 3.44. The lowest BCUT2D eigenvalue weighted by Gasteiger charge is -2.43. The van der Waals surface area contributed by atoms with Crippen LogP contribution in [0.2, 0.25) is 6.55 Å². The maximum Gasteiger partial charge on any atom is 0.0942 e. The van der Waals surface area contributed by atoms with Crippen LogP contribution in [0.25, 0.3) is 0 Å². The molecule has 0 radical (unpaired) electrons. The zero-order valence-electron chi connectivity index (χ0n) is 13.9. The minimum Gasteiger partial charge on any atom is -0.312 e. The first-order chi connectivity index (χ1) is 9.74. The van der Waals surface area contributed by atoms with Crippen molar-refractivity contribution in [1.82, 2.24) is 7.68 Å². The molecule has 0 bridgehead atoms. The molecule has 1 atom stereocenters. The van der Waals surface area contributed by atoms with Gasteiger partial charge in [0.25, 0.3) is 0 Å². The third kappa shape index (κ3) is 6.32. The Morgan fingerprint density at radius 2 is 1.75 bits per heavy atom. The van der Waals surface area contributed by atoms with Crippen LogP contribution in [0.4, 0.5) is 0 Å². The highest BCUT2D eigenvalue weighted by Gasteiger charge is 2.28. The van der Waals surface area contributed by atoms with E-state index in [1.807, 2.05) is 0 Å². The van der Waals surface area contributed by atoms with Gasteiger partial charge in [0, 0.05) is 35.5 Å². The Morgan fingerprint density at radius 3 is 2.30 bits per heavy atom. The van der Waals surface area contributed by atoms with Crippen LogP contribution in [0.1, 0.15) is 78.1 Å². The van der Waals surface area contributed by atoms with Gasteiger partial charge < -0.3 is 4.57 Å². The lowest BCUT2D eigenvalue weighted by Crippen LogP contribution is -2.51. The van der Waals surface area contributed by atoms with Crippen molar-refractivity contribution in [2.75, 3.05) is 6.54 Å². The number of hydrogen-bond acceptors (Lipinski definition) is 2. The van der Waals surface area contributed by atoms with Crippen molar-refractivity contribution in [3.63, 3.8) is 0 Å². The highest BCUT2D eigenvalue weighted by molar-refractivity contribution is 14.1. The number of nitrogens with zero attached hydrogens (tertiary/aromatic N) is 2. The molecule has 0 N–H and O–H groups in total. The molecule has 0 heterocycles. The van der Waals surface area contributed by atoms with Crippen molar-refractivity contribution in [3.8, 4) is 0 Å². The molecule has 0 aromatic heterocycles. The van der Waals surface area contributed by atoms with Gasteiger partial charge in [0.05, 0.1) is 15.8 Å². The van der Waals surface area contributed by atoms with Crippen molar-refractivity contribution in [2.24, 2.45) is 0 Å². The van der Waals surface area contributed by atoms with Crippen LogP contribution < -0.4 is 0 Å². The first-order valence-corrected chi connectivity index (χ1v) is 11.9. The Bertz CT molecular complexity index is 235. The molecule has 1 rings (SSSR count). The van der Waals surface area contributed by atoms with Gasteiger partial charge in [0.1, 0.15) is 0 Å². The van der Waals surface area contributed by atoms with E-state index in [2.05, 4.69) is 50.9 Å². The molecule has 1 aliphatic rings. The summed E-state index contributed by atoms with van der Waals surface area (Å²) in [4.78, 5) is 0. The molecule has 1 saturated carbocycles. The van der Waals surface area contributed by atoms with Crippen molar-refractivity contribution in [1.29, 1.82) is 0 Å². The molecular formula is C16H35IN2Si. The zero-order chi connectivity index (χ0) is 14.8. The Morgan fingerprint density at radius 1 is 1.10 bits per heavy atom. The SMILES string of the molecule is CCCCC(N(I)CCCC)N([SiH2]C)C1CCCCC1. The quantitative estimate of drug-likeness (QED) is 0.223. The van der Waals surface area contributed by atoms with Gasteiger partial charge in [-0.3, -0.25) is 0 Å². The van der Waals surface area contributed by atoms with Crippen molar-refractivity contribution in [3.05, 3.63) is 0 Å². The molecule has 0 spiro atoms. The zero-order valence-corrected chi connectivity index (χ0v) is 17.5. The summed E-state index contributed by atoms with van der Waals surface area (Å²) >= 11 is 2.62. The Labute approximate surface area is 143 Å². The normalized spacial score (nSPS) is 19.5. The van der Waals surface area contributed by atoms with Gasteiger partial charge in [-0.05, 0) is 25.7 Å². The van der Waals surface area contributed by atoms with Crippen LogP contribution in [0.3, 0.4) is 0 Å². The Balaban J connectivity index is 2.65. The van der Waals surface area contributed by atoms with E-state index in [-0.39, 0.29) is 9.68 Å². The smallest absolute Gasteiger partial charge is 0.0942 e. The van der Waals surface area contributed by atoms with E-state index in [1.165, 1.54) is 70.8 Å². The van der Waals surface area contributed by atoms with E-state index in [4.69, 9.17) is 0 Å². The third-order valence-corrected chi connectivity index (χ3v) is 7.45. The Hall–Kier alpha value is 0.867. The van der Waals surface area contributed by atoms with Crippen LogP contribution >= 0.6 is 22.9 Å². The monoisotopic (exact) mass is 410 g/mol. The van der Waals surface area contributed by atoms with Crippen LogP contribution in [-0.4, -0.2) is 36.1 Å². The standard InChI is InChI=1S/C16H35IN2Si/c1-4-6-13-16(18(17)14-7-5-2)19(20-3)15-11-9-8-10-12-15/h15-16H,4-14,20H2,1-3H3. The molecule has 0 saturated heterocycles. The minimum atomic E-state index is -0.0715. The van der Waals surface area contributed by atoms with Gasteiger partial charge in [0.2, 0.25) is 0 Å². The summed E-state index contributed by atoms with van der Waals surface area (Å²) in [6.07, 6.45) is 14.8. The third-order valence-electron chi connectivity index (χ3n) is 4.66. The van der Waals surface area contributed by atoms with Crippen LogP contribution in [-0.2, 0) is 0 Å². The topological polar surface area (TPSA) is 6.48 Å². The van der Waals surface area contributed by atoms with Crippen molar-refractivity contribution in [2.45, 2.75) is 96.8 Å². The lowest BCUT2D eigenvalue weighted by atomic mass is 9.95. The predicted octanol–water partition coefficient (Wildman–Crippen LogP) is 4.72. The van der Waals surface area contributed by atoms with Crippen molar-refractivity contribution >= 4 is 32.5 Å². The summed E-state index contributed by atoms with van der Waals surface area (Å²) < 4.78 is 5.60. The fourth-order valence-corrected chi connectivity index (χ4v) is 6.39. The average Bonchev–Trinajstić information content (AvgIpc) is 2.50. The van der Waals surface area contributed by atoms with Gasteiger partial charge >= 0.3 is 0 Å². The lowest BCUT2D eigenvalue weighted by molar-refractivity contribution is 0.127. The molecule has 1 aliphatic carbocycles. The maximum atomic E-state index is 2.96. The molecule has 0 aromatic rings. The number of halogens is 1. The summed E-state index contributed by atoms with van der Waals surface area (Å²) in [6, 6.07) is 0.904. The van der Waals surface area contributed by atoms with Crippen LogP contribution in [0.5, 0.6) is 0 Å². The van der Waals surface area contributed by atoms with Gasteiger partial charge in [-0.1, -0.05) is 58.9 Å². The molecule has 120 valence electrons. The molecule has 0 amide bonds.